The van der Waals surface area contributed by atoms with E-state index in [1.807, 2.05) is 74.5 Å². The zero-order valence-corrected chi connectivity index (χ0v) is 28.3. The molecule has 262 valence electrons. The van der Waals surface area contributed by atoms with Crippen LogP contribution in [0.3, 0.4) is 0 Å². The molecular formula is C38H46N2O9. The van der Waals surface area contributed by atoms with Crippen LogP contribution in [0.4, 0.5) is 4.79 Å². The van der Waals surface area contributed by atoms with Crippen LogP contribution in [0.15, 0.2) is 72.8 Å². The Morgan fingerprint density at radius 2 is 1.57 bits per heavy atom. The van der Waals surface area contributed by atoms with Crippen LogP contribution in [-0.2, 0) is 36.6 Å². The van der Waals surface area contributed by atoms with Crippen LogP contribution in [0.1, 0.15) is 52.4 Å². The fourth-order valence-electron chi connectivity index (χ4n) is 6.49. The average molecular weight is 675 g/mol. The predicted molar refractivity (Wildman–Crippen MR) is 181 cm³/mol. The summed E-state index contributed by atoms with van der Waals surface area (Å²) >= 11 is 0. The lowest BCUT2D eigenvalue weighted by atomic mass is 9.93. The van der Waals surface area contributed by atoms with Crippen LogP contribution < -0.4 is 15.4 Å². The fraction of sp³-hybridized carbons (Fsp3) is 0.447. The molecule has 49 heavy (non-hydrogen) atoms. The second kappa shape index (κ2) is 17.3. The summed E-state index contributed by atoms with van der Waals surface area (Å²) < 4.78 is 28.0. The SMILES string of the molecule is CCOC(=O)c1cc(C)c(OCC(=O)N[C@@H](Cc2ccccc2)C[C@H](O)[C@H](Cc2ccccc2)NC(=O)O[C@H]2COC3OCCC32)c(C)c1. The summed E-state index contributed by atoms with van der Waals surface area (Å²) in [6, 6.07) is 21.4. The highest BCUT2D eigenvalue weighted by molar-refractivity contribution is 5.90. The van der Waals surface area contributed by atoms with Gasteiger partial charge in [-0.2, -0.15) is 0 Å². The first-order valence-corrected chi connectivity index (χ1v) is 16.9. The molecule has 2 amide bonds. The third kappa shape index (κ3) is 10.0. The van der Waals surface area contributed by atoms with Gasteiger partial charge in [0.15, 0.2) is 12.9 Å². The van der Waals surface area contributed by atoms with Gasteiger partial charge in [-0.25, -0.2) is 9.59 Å². The van der Waals surface area contributed by atoms with Crippen molar-refractivity contribution in [3.8, 4) is 5.75 Å². The van der Waals surface area contributed by atoms with Crippen molar-refractivity contribution in [2.45, 2.75) is 77.0 Å². The maximum absolute atomic E-state index is 13.3. The number of rotatable bonds is 15. The summed E-state index contributed by atoms with van der Waals surface area (Å²) in [7, 11) is 0. The van der Waals surface area contributed by atoms with Crippen molar-refractivity contribution in [2.75, 3.05) is 26.4 Å². The molecule has 3 aromatic rings. The van der Waals surface area contributed by atoms with Crippen LogP contribution in [0, 0.1) is 19.8 Å². The summed E-state index contributed by atoms with van der Waals surface area (Å²) in [5.74, 6) is -0.295. The van der Waals surface area contributed by atoms with Gasteiger partial charge in [-0.15, -0.1) is 0 Å². The molecule has 3 aromatic carbocycles. The molecule has 0 bridgehead atoms. The first kappa shape index (κ1) is 35.8. The van der Waals surface area contributed by atoms with Gasteiger partial charge in [0.25, 0.3) is 5.91 Å². The number of carbonyl (C=O) groups is 3. The molecule has 2 aliphatic rings. The van der Waals surface area contributed by atoms with Crippen LogP contribution in [0.25, 0.3) is 0 Å². The minimum Gasteiger partial charge on any atom is -0.483 e. The number of hydrogen-bond acceptors (Lipinski definition) is 9. The van der Waals surface area contributed by atoms with E-state index in [0.717, 1.165) is 17.5 Å². The lowest BCUT2D eigenvalue weighted by Crippen LogP contribution is -2.50. The topological polar surface area (TPSA) is 142 Å². The number of esters is 1. The summed E-state index contributed by atoms with van der Waals surface area (Å²) in [4.78, 5) is 38.7. The van der Waals surface area contributed by atoms with Gasteiger partial charge >= 0.3 is 12.1 Å². The number of aryl methyl sites for hydroxylation is 2. The smallest absolute Gasteiger partial charge is 0.407 e. The lowest BCUT2D eigenvalue weighted by molar-refractivity contribution is -0.124. The number of ether oxygens (including phenoxy) is 5. The molecule has 2 aliphatic heterocycles. The first-order valence-electron chi connectivity index (χ1n) is 16.9. The van der Waals surface area contributed by atoms with Crippen LogP contribution in [-0.4, -0.2) is 80.1 Å². The fourth-order valence-corrected chi connectivity index (χ4v) is 6.49. The minimum absolute atomic E-state index is 0.0148. The minimum atomic E-state index is -1.04. The largest absolute Gasteiger partial charge is 0.483 e. The van der Waals surface area contributed by atoms with Gasteiger partial charge in [0.1, 0.15) is 11.9 Å². The van der Waals surface area contributed by atoms with E-state index in [1.54, 1.807) is 19.1 Å². The number of hydrogen-bond donors (Lipinski definition) is 3. The van der Waals surface area contributed by atoms with E-state index in [2.05, 4.69) is 10.6 Å². The lowest BCUT2D eigenvalue weighted by Gasteiger charge is -2.29. The molecule has 0 saturated carbocycles. The van der Waals surface area contributed by atoms with E-state index in [9.17, 15) is 19.5 Å². The number of carbonyl (C=O) groups excluding carboxylic acids is 3. The van der Waals surface area contributed by atoms with Crippen molar-refractivity contribution >= 4 is 18.0 Å². The summed E-state index contributed by atoms with van der Waals surface area (Å²) in [6.07, 6.45) is -0.767. The highest BCUT2D eigenvalue weighted by Gasteiger charge is 2.44. The highest BCUT2D eigenvalue weighted by atomic mass is 16.7. The Bertz CT molecular complexity index is 1530. The van der Waals surface area contributed by atoms with Crippen molar-refractivity contribution in [1.29, 1.82) is 0 Å². The standard InChI is InChI=1S/C38H46N2O9/c1-4-45-36(43)28-17-24(2)35(25(3)18-28)47-23-34(42)39-29(19-26-11-7-5-8-12-26)21-32(41)31(20-27-13-9-6-10-14-27)40-38(44)49-33-22-48-37-30(33)15-16-46-37/h5-14,17-18,29-33,37,41H,4,15-16,19-23H2,1-3H3,(H,39,42)(H,40,44)/t29-,30?,31-,32-,33-,37?/m0/s1. The number of nitrogens with one attached hydrogen (secondary N) is 2. The van der Waals surface area contributed by atoms with E-state index in [-0.39, 0.29) is 44.4 Å². The zero-order chi connectivity index (χ0) is 34.8. The Kier molecular flexibility index (Phi) is 12.6. The molecule has 11 nitrogen and oxygen atoms in total. The van der Waals surface area contributed by atoms with E-state index < -0.39 is 36.4 Å². The van der Waals surface area contributed by atoms with Gasteiger partial charge < -0.3 is 39.4 Å². The molecule has 0 aliphatic carbocycles. The molecule has 0 radical (unpaired) electrons. The van der Waals surface area contributed by atoms with E-state index in [4.69, 9.17) is 23.7 Å². The summed E-state index contributed by atoms with van der Waals surface area (Å²) in [5, 5.41) is 17.6. The van der Waals surface area contributed by atoms with Gasteiger partial charge in [-0.1, -0.05) is 60.7 Å². The van der Waals surface area contributed by atoms with Crippen LogP contribution in [0.5, 0.6) is 5.75 Å². The molecule has 2 heterocycles. The Hall–Kier alpha value is -4.45. The first-order chi connectivity index (χ1) is 23.7. The summed E-state index contributed by atoms with van der Waals surface area (Å²) in [6.45, 7) is 6.19. The van der Waals surface area contributed by atoms with Gasteiger partial charge in [0.05, 0.1) is 43.4 Å². The maximum Gasteiger partial charge on any atom is 0.407 e. The molecule has 2 unspecified atom stereocenters. The van der Waals surface area contributed by atoms with Crippen molar-refractivity contribution in [1.82, 2.24) is 10.6 Å². The van der Waals surface area contributed by atoms with Crippen LogP contribution >= 0.6 is 0 Å². The number of aliphatic hydroxyl groups excluding tert-OH is 1. The second-order valence-corrected chi connectivity index (χ2v) is 12.6. The van der Waals surface area contributed by atoms with E-state index >= 15 is 0 Å². The van der Waals surface area contributed by atoms with Crippen molar-refractivity contribution in [3.63, 3.8) is 0 Å². The molecule has 11 heteroatoms. The highest BCUT2D eigenvalue weighted by Crippen LogP contribution is 2.33. The Morgan fingerprint density at radius 3 is 2.22 bits per heavy atom. The monoisotopic (exact) mass is 674 g/mol. The van der Waals surface area contributed by atoms with Gasteiger partial charge in [0, 0.05) is 6.04 Å². The van der Waals surface area contributed by atoms with Gasteiger partial charge in [0.2, 0.25) is 0 Å². The van der Waals surface area contributed by atoms with Crippen molar-refractivity contribution < 1.29 is 43.2 Å². The molecule has 5 rings (SSSR count). The number of benzene rings is 3. The van der Waals surface area contributed by atoms with Gasteiger partial charge in [-0.05, 0) is 80.8 Å². The normalized spacial score (nSPS) is 20.0. The molecule has 2 saturated heterocycles. The summed E-state index contributed by atoms with van der Waals surface area (Å²) in [5.41, 5.74) is 3.73. The average Bonchev–Trinajstić information content (AvgIpc) is 3.70. The number of aliphatic hydroxyl groups is 1. The number of amides is 2. The van der Waals surface area contributed by atoms with Crippen molar-refractivity contribution in [3.05, 3.63) is 101 Å². The maximum atomic E-state index is 13.3. The Labute approximate surface area is 287 Å². The third-order valence-corrected chi connectivity index (χ3v) is 8.84. The van der Waals surface area contributed by atoms with E-state index in [0.29, 0.717) is 41.9 Å². The third-order valence-electron chi connectivity index (χ3n) is 8.84. The van der Waals surface area contributed by atoms with Gasteiger partial charge in [-0.3, -0.25) is 4.79 Å². The number of alkyl carbamates (subject to hydrolysis) is 1. The second-order valence-electron chi connectivity index (χ2n) is 12.6. The zero-order valence-electron chi connectivity index (χ0n) is 28.3. The molecule has 3 N–H and O–H groups in total. The van der Waals surface area contributed by atoms with Crippen molar-refractivity contribution in [2.24, 2.45) is 5.92 Å². The quantitative estimate of drug-likeness (QED) is 0.200. The predicted octanol–water partition coefficient (Wildman–Crippen LogP) is 4.44. The van der Waals surface area contributed by atoms with Crippen LogP contribution in [0.2, 0.25) is 0 Å². The molecule has 2 fully saturated rings. The molecule has 0 spiro atoms. The van der Waals surface area contributed by atoms with E-state index in [1.165, 1.54) is 0 Å². The number of fused-ring (bicyclic) bond motifs is 1. The molecule has 6 atom stereocenters. The Balaban J connectivity index is 1.26. The Morgan fingerprint density at radius 1 is 0.918 bits per heavy atom. The molecule has 0 aromatic heterocycles. The molecular weight excluding hydrogens is 628 g/mol.